The molecule has 0 bridgehead atoms. The SMILES string of the molecule is CCCCCCCCC/C=C\C/C=C\C/C=C\CCOS(C)(=O)=O. The maximum Gasteiger partial charge on any atom is 0.264 e. The van der Waals surface area contributed by atoms with Crippen molar-refractivity contribution in [2.45, 2.75) is 77.6 Å². The van der Waals surface area contributed by atoms with Crippen molar-refractivity contribution >= 4 is 10.1 Å². The minimum Gasteiger partial charge on any atom is -0.270 e. The summed E-state index contributed by atoms with van der Waals surface area (Å²) in [5.41, 5.74) is 0. The van der Waals surface area contributed by atoms with Gasteiger partial charge in [-0.25, -0.2) is 0 Å². The fourth-order valence-electron chi connectivity index (χ4n) is 2.26. The highest BCUT2D eigenvalue weighted by Gasteiger charge is 1.98. The number of allylic oxidation sites excluding steroid dienone is 5. The van der Waals surface area contributed by atoms with E-state index in [0.717, 1.165) is 19.1 Å². The minimum absolute atomic E-state index is 0.223. The summed E-state index contributed by atoms with van der Waals surface area (Å²) in [5, 5.41) is 0. The van der Waals surface area contributed by atoms with Gasteiger partial charge in [-0.3, -0.25) is 4.18 Å². The van der Waals surface area contributed by atoms with Crippen LogP contribution in [0.1, 0.15) is 77.6 Å². The lowest BCUT2D eigenvalue weighted by Crippen LogP contribution is -2.02. The van der Waals surface area contributed by atoms with Gasteiger partial charge in [0.1, 0.15) is 0 Å². The van der Waals surface area contributed by atoms with Crippen LogP contribution < -0.4 is 0 Å². The molecular weight excluding hydrogens is 320 g/mol. The van der Waals surface area contributed by atoms with Gasteiger partial charge >= 0.3 is 0 Å². The molecule has 0 rings (SSSR count). The molecule has 0 radical (unpaired) electrons. The van der Waals surface area contributed by atoms with Crippen molar-refractivity contribution in [2.24, 2.45) is 0 Å². The van der Waals surface area contributed by atoms with E-state index in [4.69, 9.17) is 0 Å². The number of hydrogen-bond acceptors (Lipinski definition) is 3. The van der Waals surface area contributed by atoms with Crippen LogP contribution in [0.15, 0.2) is 36.5 Å². The predicted molar refractivity (Wildman–Crippen MR) is 105 cm³/mol. The van der Waals surface area contributed by atoms with E-state index in [1.807, 2.05) is 12.2 Å². The predicted octanol–water partition coefficient (Wildman–Crippen LogP) is 5.94. The van der Waals surface area contributed by atoms with Gasteiger partial charge in [0, 0.05) is 0 Å². The zero-order valence-corrected chi connectivity index (χ0v) is 16.4. The molecular formula is C20H36O3S. The zero-order chi connectivity index (χ0) is 17.9. The van der Waals surface area contributed by atoms with Gasteiger partial charge in [0.05, 0.1) is 12.9 Å². The molecule has 0 aliphatic carbocycles. The van der Waals surface area contributed by atoms with Crippen LogP contribution >= 0.6 is 0 Å². The molecule has 24 heavy (non-hydrogen) atoms. The Bertz CT molecular complexity index is 448. The molecule has 0 fully saturated rings. The third-order valence-electron chi connectivity index (χ3n) is 3.60. The fraction of sp³-hybridized carbons (Fsp3) is 0.700. The molecule has 140 valence electrons. The molecule has 0 aliphatic rings. The monoisotopic (exact) mass is 356 g/mol. The Labute approximate surface area is 150 Å². The first-order chi connectivity index (χ1) is 11.6. The number of hydrogen-bond donors (Lipinski definition) is 0. The van der Waals surface area contributed by atoms with Gasteiger partial charge in [-0.05, 0) is 32.1 Å². The summed E-state index contributed by atoms with van der Waals surface area (Å²) >= 11 is 0. The smallest absolute Gasteiger partial charge is 0.264 e. The van der Waals surface area contributed by atoms with Crippen LogP contribution in [0.3, 0.4) is 0 Å². The number of unbranched alkanes of at least 4 members (excludes halogenated alkanes) is 7. The molecule has 0 unspecified atom stereocenters. The molecule has 0 aromatic carbocycles. The second kappa shape index (κ2) is 17.0. The van der Waals surface area contributed by atoms with Crippen LogP contribution in [0.4, 0.5) is 0 Å². The molecule has 0 amide bonds. The lowest BCUT2D eigenvalue weighted by atomic mass is 10.1. The Morgan fingerprint density at radius 1 is 0.708 bits per heavy atom. The lowest BCUT2D eigenvalue weighted by Gasteiger charge is -1.98. The van der Waals surface area contributed by atoms with Crippen molar-refractivity contribution in [3.8, 4) is 0 Å². The Morgan fingerprint density at radius 2 is 1.21 bits per heavy atom. The van der Waals surface area contributed by atoms with E-state index in [1.165, 1.54) is 51.4 Å². The molecule has 0 atom stereocenters. The highest BCUT2D eigenvalue weighted by Crippen LogP contribution is 2.08. The standard InChI is InChI=1S/C20H36O3S/c1-3-4-5-6-7-8-9-10-11-12-13-14-15-16-17-18-19-20-23-24(2,21)22/h11-12,14-15,17-18H,3-10,13,16,19-20H2,1-2H3/b12-11-,15-14-,18-17-. The number of rotatable bonds is 16. The summed E-state index contributed by atoms with van der Waals surface area (Å²) in [6.07, 6.45) is 27.1. The second-order valence-electron chi connectivity index (χ2n) is 6.11. The first-order valence-corrected chi connectivity index (χ1v) is 11.2. The van der Waals surface area contributed by atoms with Crippen LogP contribution in [-0.4, -0.2) is 21.3 Å². The highest BCUT2D eigenvalue weighted by molar-refractivity contribution is 7.85. The largest absolute Gasteiger partial charge is 0.270 e. The maximum atomic E-state index is 10.7. The van der Waals surface area contributed by atoms with Crippen LogP contribution in [0, 0.1) is 0 Å². The fourth-order valence-corrected chi connectivity index (χ4v) is 2.66. The van der Waals surface area contributed by atoms with Gasteiger partial charge in [-0.2, -0.15) is 8.42 Å². The van der Waals surface area contributed by atoms with Crippen LogP contribution in [0.5, 0.6) is 0 Å². The van der Waals surface area contributed by atoms with E-state index in [2.05, 4.69) is 35.4 Å². The molecule has 4 heteroatoms. The molecule has 0 saturated heterocycles. The molecule has 0 saturated carbocycles. The summed E-state index contributed by atoms with van der Waals surface area (Å²) in [4.78, 5) is 0. The molecule has 0 spiro atoms. The summed E-state index contributed by atoms with van der Waals surface area (Å²) < 4.78 is 26.1. The van der Waals surface area contributed by atoms with Gasteiger partial charge in [0.15, 0.2) is 0 Å². The summed E-state index contributed by atoms with van der Waals surface area (Å²) in [6, 6.07) is 0. The van der Waals surface area contributed by atoms with Gasteiger partial charge in [0.25, 0.3) is 10.1 Å². The maximum absolute atomic E-state index is 10.7. The van der Waals surface area contributed by atoms with E-state index < -0.39 is 10.1 Å². The average Bonchev–Trinajstić information content (AvgIpc) is 2.52. The third kappa shape index (κ3) is 21.1. The first-order valence-electron chi connectivity index (χ1n) is 9.35. The molecule has 0 N–H and O–H groups in total. The molecule has 0 heterocycles. The molecule has 0 aliphatic heterocycles. The Hall–Kier alpha value is -0.870. The van der Waals surface area contributed by atoms with E-state index in [9.17, 15) is 8.42 Å². The van der Waals surface area contributed by atoms with E-state index in [-0.39, 0.29) is 6.61 Å². The lowest BCUT2D eigenvalue weighted by molar-refractivity contribution is 0.328. The van der Waals surface area contributed by atoms with Crippen molar-refractivity contribution in [3.63, 3.8) is 0 Å². The Morgan fingerprint density at radius 3 is 1.79 bits per heavy atom. The molecule has 0 aromatic rings. The third-order valence-corrected chi connectivity index (χ3v) is 4.20. The minimum atomic E-state index is -3.30. The summed E-state index contributed by atoms with van der Waals surface area (Å²) in [5.74, 6) is 0. The Balaban J connectivity index is 3.36. The van der Waals surface area contributed by atoms with Crippen molar-refractivity contribution in [3.05, 3.63) is 36.5 Å². The van der Waals surface area contributed by atoms with Crippen molar-refractivity contribution in [1.29, 1.82) is 0 Å². The highest BCUT2D eigenvalue weighted by atomic mass is 32.2. The van der Waals surface area contributed by atoms with Gasteiger partial charge in [-0.15, -0.1) is 0 Å². The quantitative estimate of drug-likeness (QED) is 0.195. The summed E-state index contributed by atoms with van der Waals surface area (Å²) in [6.45, 7) is 2.48. The van der Waals surface area contributed by atoms with Gasteiger partial charge in [-0.1, -0.05) is 81.9 Å². The van der Waals surface area contributed by atoms with Crippen molar-refractivity contribution < 1.29 is 12.6 Å². The average molecular weight is 357 g/mol. The van der Waals surface area contributed by atoms with Crippen LogP contribution in [0.2, 0.25) is 0 Å². The summed E-state index contributed by atoms with van der Waals surface area (Å²) in [7, 11) is -3.30. The van der Waals surface area contributed by atoms with Gasteiger partial charge < -0.3 is 0 Å². The van der Waals surface area contributed by atoms with Crippen molar-refractivity contribution in [1.82, 2.24) is 0 Å². The molecule has 3 nitrogen and oxygen atoms in total. The second-order valence-corrected chi connectivity index (χ2v) is 7.75. The molecule has 0 aromatic heterocycles. The van der Waals surface area contributed by atoms with E-state index >= 15 is 0 Å². The van der Waals surface area contributed by atoms with Gasteiger partial charge in [0.2, 0.25) is 0 Å². The van der Waals surface area contributed by atoms with Crippen LogP contribution in [0.25, 0.3) is 0 Å². The van der Waals surface area contributed by atoms with E-state index in [1.54, 1.807) is 0 Å². The Kier molecular flexibility index (Phi) is 16.4. The normalized spacial score (nSPS) is 12.9. The zero-order valence-electron chi connectivity index (χ0n) is 15.6. The topological polar surface area (TPSA) is 43.4 Å². The first kappa shape index (κ1) is 23.1. The van der Waals surface area contributed by atoms with Crippen LogP contribution in [-0.2, 0) is 14.3 Å². The van der Waals surface area contributed by atoms with Crippen molar-refractivity contribution in [2.75, 3.05) is 12.9 Å². The van der Waals surface area contributed by atoms with E-state index in [0.29, 0.717) is 6.42 Å².